The first-order valence-electron chi connectivity index (χ1n) is 5.45. The first-order chi connectivity index (χ1) is 7.27. The van der Waals surface area contributed by atoms with Crippen molar-refractivity contribution in [1.29, 1.82) is 0 Å². The van der Waals surface area contributed by atoms with Crippen LogP contribution in [0.2, 0.25) is 0 Å². The number of aryl methyl sites for hydroxylation is 2. The summed E-state index contributed by atoms with van der Waals surface area (Å²) in [6, 6.07) is 0. The molecule has 0 saturated carbocycles. The SMILES string of the molecule is CC.Cc1nc(C)c2c(n1)C=CCC=C2. The number of allylic oxidation sites excluding steroid dienone is 2. The highest BCUT2D eigenvalue weighted by Gasteiger charge is 2.05. The van der Waals surface area contributed by atoms with Gasteiger partial charge in [0, 0.05) is 11.3 Å². The predicted molar refractivity (Wildman–Crippen MR) is 65.5 cm³/mol. The Kier molecular flexibility index (Phi) is 4.22. The van der Waals surface area contributed by atoms with Gasteiger partial charge >= 0.3 is 0 Å². The molecule has 0 N–H and O–H groups in total. The standard InChI is InChI=1S/C11H12N2.C2H6/c1-8-10-6-4-3-5-7-11(10)13-9(2)12-8;1-2/h4-7H,3H2,1-2H3;1-2H3. The molecule has 0 atom stereocenters. The third-order valence-electron chi connectivity index (χ3n) is 2.11. The Morgan fingerprint density at radius 3 is 2.40 bits per heavy atom. The van der Waals surface area contributed by atoms with Gasteiger partial charge in [-0.1, -0.05) is 32.1 Å². The van der Waals surface area contributed by atoms with E-state index in [-0.39, 0.29) is 0 Å². The lowest BCUT2D eigenvalue weighted by atomic mass is 10.1. The normalized spacial score (nSPS) is 12.5. The topological polar surface area (TPSA) is 25.8 Å². The molecule has 0 bridgehead atoms. The van der Waals surface area contributed by atoms with Crippen LogP contribution in [0.3, 0.4) is 0 Å². The van der Waals surface area contributed by atoms with Crippen molar-refractivity contribution in [1.82, 2.24) is 9.97 Å². The number of nitrogens with zero attached hydrogens (tertiary/aromatic N) is 2. The summed E-state index contributed by atoms with van der Waals surface area (Å²) in [5.74, 6) is 0.844. The average Bonchev–Trinajstić information content (AvgIpc) is 2.46. The Morgan fingerprint density at radius 2 is 1.67 bits per heavy atom. The van der Waals surface area contributed by atoms with Crippen LogP contribution in [0.15, 0.2) is 12.2 Å². The minimum atomic E-state index is 0.844. The third kappa shape index (κ3) is 2.75. The number of rotatable bonds is 0. The number of fused-ring (bicyclic) bond motifs is 1. The van der Waals surface area contributed by atoms with Crippen LogP contribution < -0.4 is 0 Å². The van der Waals surface area contributed by atoms with Crippen molar-refractivity contribution in [2.75, 3.05) is 0 Å². The fourth-order valence-electron chi connectivity index (χ4n) is 1.52. The van der Waals surface area contributed by atoms with Crippen molar-refractivity contribution < 1.29 is 0 Å². The van der Waals surface area contributed by atoms with Gasteiger partial charge in [0.15, 0.2) is 0 Å². The minimum absolute atomic E-state index is 0.844. The van der Waals surface area contributed by atoms with Crippen molar-refractivity contribution in [2.24, 2.45) is 0 Å². The van der Waals surface area contributed by atoms with Crippen molar-refractivity contribution in [3.05, 3.63) is 34.9 Å². The highest BCUT2D eigenvalue weighted by atomic mass is 14.9. The lowest BCUT2D eigenvalue weighted by Gasteiger charge is -2.04. The van der Waals surface area contributed by atoms with E-state index >= 15 is 0 Å². The zero-order chi connectivity index (χ0) is 11.3. The Balaban J connectivity index is 0.000000531. The van der Waals surface area contributed by atoms with Crippen molar-refractivity contribution in [3.63, 3.8) is 0 Å². The summed E-state index contributed by atoms with van der Waals surface area (Å²) in [6.07, 6.45) is 9.40. The number of hydrogen-bond donors (Lipinski definition) is 0. The average molecular weight is 202 g/mol. The van der Waals surface area contributed by atoms with Crippen molar-refractivity contribution >= 4 is 12.2 Å². The fourth-order valence-corrected chi connectivity index (χ4v) is 1.52. The van der Waals surface area contributed by atoms with E-state index in [0.29, 0.717) is 0 Å². The van der Waals surface area contributed by atoms with Gasteiger partial charge < -0.3 is 0 Å². The van der Waals surface area contributed by atoms with E-state index < -0.39 is 0 Å². The predicted octanol–water partition coefficient (Wildman–Crippen LogP) is 3.55. The van der Waals surface area contributed by atoms with Gasteiger partial charge in [0.1, 0.15) is 5.82 Å². The monoisotopic (exact) mass is 202 g/mol. The summed E-state index contributed by atoms with van der Waals surface area (Å²) >= 11 is 0. The number of hydrogen-bond acceptors (Lipinski definition) is 2. The highest BCUT2D eigenvalue weighted by Crippen LogP contribution is 2.17. The molecule has 0 saturated heterocycles. The van der Waals surface area contributed by atoms with E-state index in [4.69, 9.17) is 0 Å². The zero-order valence-electron chi connectivity index (χ0n) is 9.91. The molecule has 0 aliphatic heterocycles. The maximum atomic E-state index is 4.39. The third-order valence-corrected chi connectivity index (χ3v) is 2.11. The maximum absolute atomic E-state index is 4.39. The molecule has 1 heterocycles. The second-order valence-corrected chi connectivity index (χ2v) is 3.20. The molecule has 1 aliphatic carbocycles. The Hall–Kier alpha value is -1.44. The van der Waals surface area contributed by atoms with E-state index in [0.717, 1.165) is 29.2 Å². The molecule has 80 valence electrons. The molecule has 2 heteroatoms. The Morgan fingerprint density at radius 1 is 1.00 bits per heavy atom. The van der Waals surface area contributed by atoms with Crippen LogP contribution in [0.5, 0.6) is 0 Å². The van der Waals surface area contributed by atoms with Crippen LogP contribution in [0, 0.1) is 13.8 Å². The van der Waals surface area contributed by atoms with E-state index in [1.165, 1.54) is 0 Å². The first kappa shape index (κ1) is 11.6. The molecule has 0 aromatic carbocycles. The highest BCUT2D eigenvalue weighted by molar-refractivity contribution is 5.66. The molecule has 2 nitrogen and oxygen atoms in total. The molecule has 0 fully saturated rings. The van der Waals surface area contributed by atoms with Gasteiger partial charge in [-0.2, -0.15) is 0 Å². The largest absolute Gasteiger partial charge is 0.238 e. The quantitative estimate of drug-likeness (QED) is 0.643. The van der Waals surface area contributed by atoms with Gasteiger partial charge in [0.25, 0.3) is 0 Å². The van der Waals surface area contributed by atoms with Crippen molar-refractivity contribution in [2.45, 2.75) is 34.1 Å². The van der Waals surface area contributed by atoms with Gasteiger partial charge in [-0.05, 0) is 26.3 Å². The summed E-state index contributed by atoms with van der Waals surface area (Å²) in [5.41, 5.74) is 3.25. The van der Waals surface area contributed by atoms with Crippen LogP contribution in [-0.2, 0) is 0 Å². The maximum Gasteiger partial charge on any atom is 0.126 e. The molecule has 0 radical (unpaired) electrons. The molecular formula is C13H18N2. The van der Waals surface area contributed by atoms with E-state index in [1.54, 1.807) is 0 Å². The lowest BCUT2D eigenvalue weighted by molar-refractivity contribution is 0.995. The van der Waals surface area contributed by atoms with Gasteiger partial charge in [0.05, 0.1) is 5.69 Å². The molecular weight excluding hydrogens is 184 g/mol. The molecule has 0 unspecified atom stereocenters. The molecule has 0 spiro atoms. The smallest absolute Gasteiger partial charge is 0.126 e. The van der Waals surface area contributed by atoms with Crippen LogP contribution in [0.4, 0.5) is 0 Å². The second kappa shape index (κ2) is 5.44. The molecule has 15 heavy (non-hydrogen) atoms. The Labute approximate surface area is 91.8 Å². The van der Waals surface area contributed by atoms with Crippen LogP contribution >= 0.6 is 0 Å². The van der Waals surface area contributed by atoms with E-state index in [1.807, 2.05) is 27.7 Å². The van der Waals surface area contributed by atoms with Crippen LogP contribution in [0.25, 0.3) is 12.2 Å². The lowest BCUT2D eigenvalue weighted by Crippen LogP contribution is -1.98. The summed E-state index contributed by atoms with van der Waals surface area (Å²) in [6.45, 7) is 7.95. The zero-order valence-corrected chi connectivity index (χ0v) is 9.91. The summed E-state index contributed by atoms with van der Waals surface area (Å²) in [5, 5.41) is 0. The molecule has 1 aromatic rings. The second-order valence-electron chi connectivity index (χ2n) is 3.20. The first-order valence-corrected chi connectivity index (χ1v) is 5.45. The van der Waals surface area contributed by atoms with E-state index in [9.17, 15) is 0 Å². The summed E-state index contributed by atoms with van der Waals surface area (Å²) in [4.78, 5) is 8.72. The summed E-state index contributed by atoms with van der Waals surface area (Å²) < 4.78 is 0. The number of aromatic nitrogens is 2. The Bertz CT molecular complexity index is 390. The molecule has 1 aromatic heterocycles. The van der Waals surface area contributed by atoms with Crippen LogP contribution in [0.1, 0.15) is 43.0 Å². The van der Waals surface area contributed by atoms with Crippen LogP contribution in [-0.4, -0.2) is 9.97 Å². The fraction of sp³-hybridized carbons (Fsp3) is 0.385. The minimum Gasteiger partial charge on any atom is -0.238 e. The van der Waals surface area contributed by atoms with Gasteiger partial charge in [-0.25, -0.2) is 9.97 Å². The van der Waals surface area contributed by atoms with Gasteiger partial charge in [-0.15, -0.1) is 0 Å². The van der Waals surface area contributed by atoms with E-state index in [2.05, 4.69) is 34.3 Å². The van der Waals surface area contributed by atoms with Crippen molar-refractivity contribution in [3.8, 4) is 0 Å². The van der Waals surface area contributed by atoms with Gasteiger partial charge in [0.2, 0.25) is 0 Å². The molecule has 1 aliphatic rings. The van der Waals surface area contributed by atoms with Gasteiger partial charge in [-0.3, -0.25) is 0 Å². The summed E-state index contributed by atoms with van der Waals surface area (Å²) in [7, 11) is 0. The molecule has 2 rings (SSSR count). The molecule has 0 amide bonds.